The minimum Gasteiger partial charge on any atom is -0.456 e. The third kappa shape index (κ3) is 7.62. The van der Waals surface area contributed by atoms with Gasteiger partial charge in [-0.05, 0) is 48.5 Å². The fourth-order valence-corrected chi connectivity index (χ4v) is 3.57. The number of halogens is 1. The molecule has 6 nitrogen and oxygen atoms in total. The van der Waals surface area contributed by atoms with E-state index in [9.17, 15) is 18.0 Å². The van der Waals surface area contributed by atoms with Crippen LogP contribution < -0.4 is 5.32 Å². The topological polar surface area (TPSA) is 89.5 Å². The van der Waals surface area contributed by atoms with Gasteiger partial charge in [0.05, 0.1) is 11.3 Å². The van der Waals surface area contributed by atoms with Crippen LogP contribution in [0.5, 0.6) is 0 Å². The number of thioether (sulfide) groups is 1. The Kier molecular flexibility index (Phi) is 7.70. The molecule has 0 bridgehead atoms. The maximum absolute atomic E-state index is 11.8. The van der Waals surface area contributed by atoms with Crippen molar-refractivity contribution in [2.45, 2.75) is 16.2 Å². The summed E-state index contributed by atoms with van der Waals surface area (Å²) in [6.07, 6.45) is 1.27. The third-order valence-corrected chi connectivity index (χ3v) is 5.71. The van der Waals surface area contributed by atoms with Crippen molar-refractivity contribution in [3.8, 4) is 0 Å². The molecule has 0 radical (unpaired) electrons. The molecule has 0 heterocycles. The summed E-state index contributed by atoms with van der Waals surface area (Å²) in [5, 5.41) is 3.18. The van der Waals surface area contributed by atoms with Crippen LogP contribution in [0.3, 0.4) is 0 Å². The zero-order valence-corrected chi connectivity index (χ0v) is 16.9. The van der Waals surface area contributed by atoms with E-state index < -0.39 is 28.3 Å². The van der Waals surface area contributed by atoms with Crippen molar-refractivity contribution >= 4 is 50.8 Å². The van der Waals surface area contributed by atoms with E-state index in [4.69, 9.17) is 16.3 Å². The Labute approximate surface area is 167 Å². The number of esters is 1. The Hall–Kier alpha value is -2.03. The number of sulfone groups is 1. The van der Waals surface area contributed by atoms with Crippen LogP contribution >= 0.6 is 23.4 Å². The monoisotopic (exact) mass is 427 g/mol. The van der Waals surface area contributed by atoms with Gasteiger partial charge in [0.25, 0.3) is 5.91 Å². The predicted molar refractivity (Wildman–Crippen MR) is 106 cm³/mol. The first kappa shape index (κ1) is 21.3. The number of ether oxygens (including phenoxy) is 1. The first-order valence-electron chi connectivity index (χ1n) is 7.88. The normalized spacial score (nSPS) is 11.0. The summed E-state index contributed by atoms with van der Waals surface area (Å²) in [4.78, 5) is 24.6. The van der Waals surface area contributed by atoms with Crippen LogP contribution in [-0.2, 0) is 24.2 Å². The van der Waals surface area contributed by atoms with Crippen molar-refractivity contribution in [3.05, 3.63) is 53.6 Å². The molecule has 0 unspecified atom stereocenters. The number of benzene rings is 2. The number of carbonyl (C=O) groups is 2. The van der Waals surface area contributed by atoms with Crippen LogP contribution in [0.4, 0.5) is 5.69 Å². The summed E-state index contributed by atoms with van der Waals surface area (Å²) < 4.78 is 27.7. The number of anilines is 1. The van der Waals surface area contributed by atoms with Gasteiger partial charge in [-0.3, -0.25) is 9.59 Å². The predicted octanol–water partition coefficient (Wildman–Crippen LogP) is 3.41. The van der Waals surface area contributed by atoms with Gasteiger partial charge in [0.15, 0.2) is 16.4 Å². The molecule has 0 atom stereocenters. The van der Waals surface area contributed by atoms with Crippen LogP contribution in [0.1, 0.15) is 6.42 Å². The molecule has 1 N–H and O–H groups in total. The van der Waals surface area contributed by atoms with Crippen molar-refractivity contribution in [2.24, 2.45) is 0 Å². The number of hydrogen-bond acceptors (Lipinski definition) is 6. The summed E-state index contributed by atoms with van der Waals surface area (Å²) in [7, 11) is -3.29. The Morgan fingerprint density at radius 1 is 1.07 bits per heavy atom. The van der Waals surface area contributed by atoms with Gasteiger partial charge in [-0.1, -0.05) is 11.6 Å². The molecule has 2 rings (SSSR count). The molecule has 0 aliphatic carbocycles. The van der Waals surface area contributed by atoms with Crippen LogP contribution in [0, 0.1) is 0 Å². The third-order valence-electron chi connectivity index (χ3n) is 3.32. The van der Waals surface area contributed by atoms with Gasteiger partial charge < -0.3 is 10.1 Å². The lowest BCUT2D eigenvalue weighted by Gasteiger charge is -2.07. The van der Waals surface area contributed by atoms with Crippen molar-refractivity contribution in [3.63, 3.8) is 0 Å². The summed E-state index contributed by atoms with van der Waals surface area (Å²) in [6, 6.07) is 13.0. The lowest BCUT2D eigenvalue weighted by molar-refractivity contribution is -0.146. The lowest BCUT2D eigenvalue weighted by atomic mass is 10.3. The van der Waals surface area contributed by atoms with Gasteiger partial charge in [0, 0.05) is 27.6 Å². The fraction of sp³-hybridized carbons (Fsp3) is 0.222. The molecule has 0 aliphatic rings. The second-order valence-electron chi connectivity index (χ2n) is 5.56. The van der Waals surface area contributed by atoms with E-state index >= 15 is 0 Å². The Balaban J connectivity index is 1.70. The first-order valence-corrected chi connectivity index (χ1v) is 11.1. The second-order valence-corrected chi connectivity index (χ2v) is 9.18. The summed E-state index contributed by atoms with van der Waals surface area (Å²) in [6.45, 7) is -0.404. The Morgan fingerprint density at radius 2 is 1.70 bits per heavy atom. The standard InChI is InChI=1S/C18H18ClNO5S2/c1-27(23,24)16-8-4-14(5-9-16)20-17(21)12-25-18(22)10-11-26-15-6-2-13(19)3-7-15/h2-9H,10-12H2,1H3,(H,20,21). The van der Waals surface area contributed by atoms with E-state index in [1.54, 1.807) is 12.1 Å². The molecule has 0 fully saturated rings. The second kappa shape index (κ2) is 9.77. The van der Waals surface area contributed by atoms with E-state index in [-0.39, 0.29) is 11.3 Å². The van der Waals surface area contributed by atoms with Gasteiger partial charge in [-0.2, -0.15) is 0 Å². The van der Waals surface area contributed by atoms with Crippen LogP contribution in [-0.4, -0.2) is 38.9 Å². The fourth-order valence-electron chi connectivity index (χ4n) is 1.98. The molecule has 1 amide bonds. The Morgan fingerprint density at radius 3 is 2.30 bits per heavy atom. The molecule has 2 aromatic carbocycles. The largest absolute Gasteiger partial charge is 0.456 e. The summed E-state index contributed by atoms with van der Waals surface area (Å²) >= 11 is 7.29. The lowest BCUT2D eigenvalue weighted by Crippen LogP contribution is -2.21. The summed E-state index contributed by atoms with van der Waals surface area (Å²) in [5.74, 6) is -0.450. The minimum absolute atomic E-state index is 0.158. The molecule has 0 saturated heterocycles. The van der Waals surface area contributed by atoms with Crippen LogP contribution in [0.25, 0.3) is 0 Å². The van der Waals surface area contributed by atoms with Gasteiger partial charge >= 0.3 is 5.97 Å². The number of rotatable bonds is 8. The van der Waals surface area contributed by atoms with E-state index in [0.717, 1.165) is 11.2 Å². The highest BCUT2D eigenvalue weighted by Crippen LogP contribution is 2.21. The van der Waals surface area contributed by atoms with Crippen molar-refractivity contribution in [1.82, 2.24) is 0 Å². The van der Waals surface area contributed by atoms with Crippen molar-refractivity contribution in [1.29, 1.82) is 0 Å². The molecule has 0 spiro atoms. The molecular formula is C18H18ClNO5S2. The maximum Gasteiger partial charge on any atom is 0.307 e. The van der Waals surface area contributed by atoms with E-state index in [1.165, 1.54) is 36.0 Å². The Bertz CT molecular complexity index is 896. The smallest absolute Gasteiger partial charge is 0.307 e. The number of nitrogens with one attached hydrogen (secondary N) is 1. The average Bonchev–Trinajstić information content (AvgIpc) is 2.61. The van der Waals surface area contributed by atoms with Crippen molar-refractivity contribution in [2.75, 3.05) is 23.9 Å². The van der Waals surface area contributed by atoms with E-state index in [2.05, 4.69) is 5.32 Å². The molecule has 0 saturated carbocycles. The molecular weight excluding hydrogens is 410 g/mol. The minimum atomic E-state index is -3.29. The van der Waals surface area contributed by atoms with Crippen LogP contribution in [0.15, 0.2) is 58.3 Å². The molecule has 0 aromatic heterocycles. The van der Waals surface area contributed by atoms with Crippen molar-refractivity contribution < 1.29 is 22.7 Å². The average molecular weight is 428 g/mol. The molecule has 9 heteroatoms. The van der Waals surface area contributed by atoms with Gasteiger partial charge in [-0.25, -0.2) is 8.42 Å². The number of amides is 1. The highest BCUT2D eigenvalue weighted by molar-refractivity contribution is 7.99. The van der Waals surface area contributed by atoms with Gasteiger partial charge in [0.2, 0.25) is 0 Å². The molecule has 144 valence electrons. The quantitative estimate of drug-likeness (QED) is 0.513. The van der Waals surface area contributed by atoms with Crippen LogP contribution in [0.2, 0.25) is 5.02 Å². The molecule has 0 aliphatic heterocycles. The van der Waals surface area contributed by atoms with E-state index in [1.807, 2.05) is 12.1 Å². The SMILES string of the molecule is CS(=O)(=O)c1ccc(NC(=O)COC(=O)CCSc2ccc(Cl)cc2)cc1. The van der Waals surface area contributed by atoms with E-state index in [0.29, 0.717) is 16.5 Å². The zero-order valence-electron chi connectivity index (χ0n) is 14.5. The molecule has 27 heavy (non-hydrogen) atoms. The van der Waals surface area contributed by atoms with Gasteiger partial charge in [-0.15, -0.1) is 11.8 Å². The zero-order chi connectivity index (χ0) is 19.9. The van der Waals surface area contributed by atoms with Gasteiger partial charge in [0.1, 0.15) is 0 Å². The highest BCUT2D eigenvalue weighted by atomic mass is 35.5. The number of hydrogen-bond donors (Lipinski definition) is 1. The maximum atomic E-state index is 11.8. The molecule has 2 aromatic rings. The number of carbonyl (C=O) groups excluding carboxylic acids is 2. The highest BCUT2D eigenvalue weighted by Gasteiger charge is 2.10. The first-order chi connectivity index (χ1) is 12.7. The summed E-state index contributed by atoms with van der Waals surface area (Å²) in [5.41, 5.74) is 0.418.